The quantitative estimate of drug-likeness (QED) is 0.776. The molecule has 1 aromatic carbocycles. The highest BCUT2D eigenvalue weighted by atomic mass is 32.1. The zero-order chi connectivity index (χ0) is 10.8. The molecule has 0 saturated heterocycles. The molecule has 0 aliphatic carbocycles. The molecule has 0 spiro atoms. The van der Waals surface area contributed by atoms with Crippen molar-refractivity contribution >= 4 is 22.7 Å². The molecule has 3 heteroatoms. The fraction of sp³-hybridized carbons (Fsp3) is 0.0769. The van der Waals surface area contributed by atoms with Crippen LogP contribution in [-0.2, 0) is 0 Å². The molecule has 0 fully saturated rings. The summed E-state index contributed by atoms with van der Waals surface area (Å²) in [5, 5.41) is 4.27. The van der Waals surface area contributed by atoms with Crippen LogP contribution < -0.4 is 9.80 Å². The third kappa shape index (κ3) is 1.70. The van der Waals surface area contributed by atoms with Gasteiger partial charge in [-0.2, -0.15) is 11.3 Å². The van der Waals surface area contributed by atoms with Crippen molar-refractivity contribution in [1.82, 2.24) is 0 Å². The third-order valence-corrected chi connectivity index (χ3v) is 3.33. The first-order valence-corrected chi connectivity index (χ1v) is 6.16. The lowest BCUT2D eigenvalue weighted by molar-refractivity contribution is 0.978. The van der Waals surface area contributed by atoms with Crippen LogP contribution in [0.15, 0.2) is 59.6 Å². The molecule has 1 aliphatic heterocycles. The Labute approximate surface area is 99.0 Å². The number of hydrogen-bond acceptors (Lipinski definition) is 3. The minimum absolute atomic E-state index is 0.890. The van der Waals surface area contributed by atoms with Gasteiger partial charge in [0.1, 0.15) is 0 Å². The largest absolute Gasteiger partial charge is 0.328 e. The second-order valence-electron chi connectivity index (χ2n) is 3.70. The summed E-state index contributed by atoms with van der Waals surface area (Å²) in [6.45, 7) is 0.890. The first kappa shape index (κ1) is 9.48. The van der Waals surface area contributed by atoms with Gasteiger partial charge in [0.05, 0.1) is 12.4 Å². The van der Waals surface area contributed by atoms with Gasteiger partial charge in [-0.15, -0.1) is 0 Å². The maximum absolute atomic E-state index is 2.24. The Bertz CT molecular complexity index is 476. The first-order chi connectivity index (χ1) is 7.93. The minimum atomic E-state index is 0.890. The van der Waals surface area contributed by atoms with Crippen LogP contribution in [0.1, 0.15) is 0 Å². The molecule has 2 aromatic rings. The monoisotopic (exact) mass is 228 g/mol. The van der Waals surface area contributed by atoms with Gasteiger partial charge in [-0.3, -0.25) is 0 Å². The number of rotatable bonds is 2. The highest BCUT2D eigenvalue weighted by molar-refractivity contribution is 7.08. The summed E-state index contributed by atoms with van der Waals surface area (Å²) in [7, 11) is 0. The summed E-state index contributed by atoms with van der Waals surface area (Å²) in [5.74, 6) is 0. The molecule has 2 heterocycles. The van der Waals surface area contributed by atoms with E-state index in [0.717, 1.165) is 6.67 Å². The van der Waals surface area contributed by atoms with E-state index >= 15 is 0 Å². The predicted octanol–water partition coefficient (Wildman–Crippen LogP) is 3.50. The van der Waals surface area contributed by atoms with Crippen LogP contribution >= 0.6 is 11.3 Å². The predicted molar refractivity (Wildman–Crippen MR) is 69.7 cm³/mol. The van der Waals surface area contributed by atoms with Crippen LogP contribution in [0, 0.1) is 0 Å². The molecule has 0 unspecified atom stereocenters. The second-order valence-corrected chi connectivity index (χ2v) is 4.48. The molecule has 0 amide bonds. The lowest BCUT2D eigenvalue weighted by Gasteiger charge is -2.20. The lowest BCUT2D eigenvalue weighted by atomic mass is 10.3. The van der Waals surface area contributed by atoms with E-state index in [-0.39, 0.29) is 0 Å². The van der Waals surface area contributed by atoms with Crippen LogP contribution in [0.25, 0.3) is 0 Å². The number of para-hydroxylation sites is 1. The van der Waals surface area contributed by atoms with E-state index in [4.69, 9.17) is 0 Å². The number of benzene rings is 1. The summed E-state index contributed by atoms with van der Waals surface area (Å²) in [6.07, 6.45) is 4.24. The summed E-state index contributed by atoms with van der Waals surface area (Å²) < 4.78 is 0. The Morgan fingerprint density at radius 1 is 0.875 bits per heavy atom. The third-order valence-electron chi connectivity index (χ3n) is 2.66. The molecule has 1 aromatic heterocycles. The Kier molecular flexibility index (Phi) is 2.38. The smallest absolute Gasteiger partial charge is 0.0989 e. The van der Waals surface area contributed by atoms with E-state index in [1.165, 1.54) is 11.4 Å². The maximum Gasteiger partial charge on any atom is 0.0989 e. The topological polar surface area (TPSA) is 6.48 Å². The number of anilines is 2. The van der Waals surface area contributed by atoms with Crippen molar-refractivity contribution in [3.63, 3.8) is 0 Å². The van der Waals surface area contributed by atoms with Crippen molar-refractivity contribution in [2.24, 2.45) is 0 Å². The first-order valence-electron chi connectivity index (χ1n) is 5.22. The lowest BCUT2D eigenvalue weighted by Crippen LogP contribution is -2.24. The van der Waals surface area contributed by atoms with Gasteiger partial charge >= 0.3 is 0 Å². The molecule has 0 saturated carbocycles. The van der Waals surface area contributed by atoms with Crippen LogP contribution in [0.4, 0.5) is 11.4 Å². The number of hydrogen-bond donors (Lipinski definition) is 0. The Morgan fingerprint density at radius 3 is 2.31 bits per heavy atom. The van der Waals surface area contributed by atoms with Gasteiger partial charge in [0.25, 0.3) is 0 Å². The SMILES string of the molecule is C1=CN(c2ccsc2)CN1c1ccccc1. The van der Waals surface area contributed by atoms with Gasteiger partial charge in [0.2, 0.25) is 0 Å². The Balaban J connectivity index is 1.78. The van der Waals surface area contributed by atoms with Crippen molar-refractivity contribution in [3.05, 3.63) is 59.6 Å². The average Bonchev–Trinajstić information content (AvgIpc) is 3.01. The molecule has 0 radical (unpaired) electrons. The molecule has 1 aliphatic rings. The Hall–Kier alpha value is -1.74. The standard InChI is InChI=1S/C13H12N2S/c1-2-4-12(5-3-1)14-7-8-15(11-14)13-6-9-16-10-13/h1-10H,11H2. The van der Waals surface area contributed by atoms with E-state index in [0.29, 0.717) is 0 Å². The number of nitrogens with zero attached hydrogens (tertiary/aromatic N) is 2. The summed E-state index contributed by atoms with van der Waals surface area (Å²) in [5.41, 5.74) is 2.50. The van der Waals surface area contributed by atoms with Gasteiger partial charge in [-0.05, 0) is 23.6 Å². The molecular weight excluding hydrogens is 216 g/mol. The minimum Gasteiger partial charge on any atom is -0.328 e. The van der Waals surface area contributed by atoms with Gasteiger partial charge in [0.15, 0.2) is 0 Å². The second kappa shape index (κ2) is 4.02. The molecule has 0 N–H and O–H groups in total. The van der Waals surface area contributed by atoms with Gasteiger partial charge in [-0.1, -0.05) is 18.2 Å². The van der Waals surface area contributed by atoms with Crippen molar-refractivity contribution in [1.29, 1.82) is 0 Å². The number of thiophene rings is 1. The summed E-state index contributed by atoms with van der Waals surface area (Å²) in [4.78, 5) is 4.47. The normalized spacial score (nSPS) is 14.8. The zero-order valence-corrected chi connectivity index (χ0v) is 9.60. The van der Waals surface area contributed by atoms with Gasteiger partial charge < -0.3 is 9.80 Å². The van der Waals surface area contributed by atoms with Gasteiger partial charge in [-0.25, -0.2) is 0 Å². The highest BCUT2D eigenvalue weighted by Crippen LogP contribution is 2.25. The van der Waals surface area contributed by atoms with Crippen LogP contribution in [-0.4, -0.2) is 6.67 Å². The van der Waals surface area contributed by atoms with Crippen molar-refractivity contribution in [3.8, 4) is 0 Å². The van der Waals surface area contributed by atoms with Crippen LogP contribution in [0.2, 0.25) is 0 Å². The Morgan fingerprint density at radius 2 is 1.62 bits per heavy atom. The average molecular weight is 228 g/mol. The van der Waals surface area contributed by atoms with Crippen molar-refractivity contribution in [2.75, 3.05) is 16.5 Å². The molecule has 3 rings (SSSR count). The van der Waals surface area contributed by atoms with Crippen LogP contribution in [0.5, 0.6) is 0 Å². The van der Waals surface area contributed by atoms with E-state index in [1.54, 1.807) is 11.3 Å². The highest BCUT2D eigenvalue weighted by Gasteiger charge is 2.14. The fourth-order valence-corrected chi connectivity index (χ4v) is 2.44. The molecule has 16 heavy (non-hydrogen) atoms. The summed E-state index contributed by atoms with van der Waals surface area (Å²) in [6, 6.07) is 12.6. The maximum atomic E-state index is 2.24. The van der Waals surface area contributed by atoms with E-state index < -0.39 is 0 Å². The van der Waals surface area contributed by atoms with E-state index in [9.17, 15) is 0 Å². The molecule has 2 nitrogen and oxygen atoms in total. The van der Waals surface area contributed by atoms with Crippen LogP contribution in [0.3, 0.4) is 0 Å². The zero-order valence-electron chi connectivity index (χ0n) is 8.78. The molecular formula is C13H12N2S. The van der Waals surface area contributed by atoms with Crippen molar-refractivity contribution < 1.29 is 0 Å². The fourth-order valence-electron chi connectivity index (χ4n) is 1.79. The molecule has 80 valence electrons. The summed E-state index contributed by atoms with van der Waals surface area (Å²) >= 11 is 1.73. The molecule has 0 atom stereocenters. The van der Waals surface area contributed by atoms with E-state index in [1.807, 2.05) is 6.07 Å². The van der Waals surface area contributed by atoms with Gasteiger partial charge in [0, 0.05) is 23.5 Å². The van der Waals surface area contributed by atoms with E-state index in [2.05, 4.69) is 63.3 Å². The van der Waals surface area contributed by atoms with Crippen molar-refractivity contribution in [2.45, 2.75) is 0 Å². The molecule has 0 bridgehead atoms.